The smallest absolute Gasteiger partial charge is 0.306 e. The van der Waals surface area contributed by atoms with E-state index >= 15 is 0 Å². The molecule has 0 saturated heterocycles. The second-order valence-electron chi connectivity index (χ2n) is 4.38. The van der Waals surface area contributed by atoms with E-state index in [1.807, 2.05) is 11.8 Å². The summed E-state index contributed by atoms with van der Waals surface area (Å²) in [4.78, 5) is 12.9. The van der Waals surface area contributed by atoms with Crippen LogP contribution in [0, 0.1) is 0 Å². The van der Waals surface area contributed by atoms with Crippen LogP contribution in [0.2, 0.25) is 0 Å². The molecule has 0 saturated carbocycles. The van der Waals surface area contributed by atoms with Crippen LogP contribution in [0.1, 0.15) is 59.8 Å². The van der Waals surface area contributed by atoms with Crippen LogP contribution in [0.25, 0.3) is 0 Å². The third-order valence-electron chi connectivity index (χ3n) is 2.83. The van der Waals surface area contributed by atoms with Crippen LogP contribution in [-0.2, 0) is 9.53 Å². The van der Waals surface area contributed by atoms with E-state index in [1.165, 1.54) is 6.92 Å². The van der Waals surface area contributed by atoms with Crippen molar-refractivity contribution in [2.45, 2.75) is 65.7 Å². The van der Waals surface area contributed by atoms with Crippen LogP contribution in [0.5, 0.6) is 0 Å². The quantitative estimate of drug-likeness (QED) is 0.501. The largest absolute Gasteiger partial charge is 0.419 e. The number of aliphatic hydroxyl groups is 1. The Morgan fingerprint density at radius 3 is 1.94 bits per heavy atom. The first-order valence-electron chi connectivity index (χ1n) is 6.67. The van der Waals surface area contributed by atoms with Gasteiger partial charge >= 0.3 is 5.97 Å². The summed E-state index contributed by atoms with van der Waals surface area (Å²) in [6.45, 7) is 8.89. The second-order valence-corrected chi connectivity index (χ2v) is 4.38. The Balaban J connectivity index is 4.61. The molecule has 0 heterocycles. The molecule has 0 bridgehead atoms. The lowest BCUT2D eigenvalue weighted by molar-refractivity contribution is -0.279. The van der Waals surface area contributed by atoms with E-state index in [9.17, 15) is 9.90 Å². The lowest BCUT2D eigenvalue weighted by Gasteiger charge is -2.37. The van der Waals surface area contributed by atoms with Crippen LogP contribution in [0.4, 0.5) is 0 Å². The SMILES string of the molecule is CCCCN(CCCC)C(O)(CC)OC(C)=O. The fraction of sp³-hybridized carbons (Fsp3) is 0.923. The second kappa shape index (κ2) is 8.48. The van der Waals surface area contributed by atoms with E-state index in [2.05, 4.69) is 13.8 Å². The van der Waals surface area contributed by atoms with Crippen molar-refractivity contribution in [2.24, 2.45) is 0 Å². The summed E-state index contributed by atoms with van der Waals surface area (Å²) in [6.07, 6.45) is 4.49. The van der Waals surface area contributed by atoms with Gasteiger partial charge in [-0.2, -0.15) is 0 Å². The third-order valence-corrected chi connectivity index (χ3v) is 2.83. The normalized spacial score (nSPS) is 14.7. The number of rotatable bonds is 9. The number of hydrogen-bond donors (Lipinski definition) is 1. The predicted octanol–water partition coefficient (Wildman–Crippen LogP) is 2.51. The number of hydrogen-bond acceptors (Lipinski definition) is 4. The van der Waals surface area contributed by atoms with E-state index < -0.39 is 11.9 Å². The average Bonchev–Trinajstić information content (AvgIpc) is 2.28. The van der Waals surface area contributed by atoms with Crippen molar-refractivity contribution in [3.05, 3.63) is 0 Å². The minimum Gasteiger partial charge on any atom is -0.419 e. The van der Waals surface area contributed by atoms with Gasteiger partial charge in [0.2, 0.25) is 0 Å². The molecule has 0 aromatic rings. The zero-order chi connectivity index (χ0) is 13.3. The summed E-state index contributed by atoms with van der Waals surface area (Å²) in [6, 6.07) is 0. The molecule has 102 valence electrons. The summed E-state index contributed by atoms with van der Waals surface area (Å²) >= 11 is 0. The van der Waals surface area contributed by atoms with E-state index in [-0.39, 0.29) is 0 Å². The number of ether oxygens (including phenoxy) is 1. The molecule has 0 aromatic heterocycles. The lowest BCUT2D eigenvalue weighted by Crippen LogP contribution is -2.52. The van der Waals surface area contributed by atoms with Crippen LogP contribution >= 0.6 is 0 Å². The average molecular weight is 245 g/mol. The molecule has 1 atom stereocenters. The zero-order valence-electron chi connectivity index (χ0n) is 11.7. The Bertz CT molecular complexity index is 213. The number of unbranched alkanes of at least 4 members (excludes halogenated alkanes) is 2. The molecule has 0 amide bonds. The van der Waals surface area contributed by atoms with Crippen molar-refractivity contribution in [2.75, 3.05) is 13.1 Å². The molecular weight excluding hydrogens is 218 g/mol. The number of carbonyl (C=O) groups is 1. The fourth-order valence-corrected chi connectivity index (χ4v) is 1.75. The molecule has 0 rings (SSSR count). The van der Waals surface area contributed by atoms with Crippen LogP contribution in [0.3, 0.4) is 0 Å². The first-order valence-corrected chi connectivity index (χ1v) is 6.67. The molecule has 1 N–H and O–H groups in total. The van der Waals surface area contributed by atoms with Crippen molar-refractivity contribution in [1.82, 2.24) is 4.90 Å². The maximum Gasteiger partial charge on any atom is 0.306 e. The molecular formula is C13H27NO3. The predicted molar refractivity (Wildman–Crippen MR) is 68.4 cm³/mol. The monoisotopic (exact) mass is 245 g/mol. The van der Waals surface area contributed by atoms with E-state index in [1.54, 1.807) is 0 Å². The summed E-state index contributed by atoms with van der Waals surface area (Å²) in [7, 11) is 0. The summed E-state index contributed by atoms with van der Waals surface area (Å²) in [5.74, 6) is -1.87. The van der Waals surface area contributed by atoms with Crippen molar-refractivity contribution < 1.29 is 14.6 Å². The summed E-state index contributed by atoms with van der Waals surface area (Å²) < 4.78 is 5.09. The number of esters is 1. The molecule has 17 heavy (non-hydrogen) atoms. The lowest BCUT2D eigenvalue weighted by atomic mass is 10.2. The molecule has 4 nitrogen and oxygen atoms in total. The molecule has 0 aliphatic heterocycles. The Kier molecular flexibility index (Phi) is 8.17. The molecule has 0 radical (unpaired) electrons. The Morgan fingerprint density at radius 2 is 1.65 bits per heavy atom. The third kappa shape index (κ3) is 6.03. The van der Waals surface area contributed by atoms with Gasteiger partial charge in [-0.05, 0) is 12.8 Å². The molecule has 4 heteroatoms. The Morgan fingerprint density at radius 1 is 1.18 bits per heavy atom. The fourth-order valence-electron chi connectivity index (χ4n) is 1.75. The highest BCUT2D eigenvalue weighted by molar-refractivity contribution is 5.66. The topological polar surface area (TPSA) is 49.8 Å². The highest BCUT2D eigenvalue weighted by atomic mass is 16.7. The van der Waals surface area contributed by atoms with Crippen LogP contribution in [0.15, 0.2) is 0 Å². The maximum absolute atomic E-state index is 11.1. The first-order chi connectivity index (χ1) is 8.00. The highest BCUT2D eigenvalue weighted by Crippen LogP contribution is 2.20. The van der Waals surface area contributed by atoms with E-state index in [4.69, 9.17) is 4.74 Å². The highest BCUT2D eigenvalue weighted by Gasteiger charge is 2.35. The minimum absolute atomic E-state index is 0.389. The van der Waals surface area contributed by atoms with Gasteiger partial charge in [0.05, 0.1) is 0 Å². The zero-order valence-corrected chi connectivity index (χ0v) is 11.7. The van der Waals surface area contributed by atoms with E-state index in [0.29, 0.717) is 6.42 Å². The van der Waals surface area contributed by atoms with Crippen molar-refractivity contribution >= 4 is 5.97 Å². The molecule has 0 aliphatic rings. The van der Waals surface area contributed by atoms with Crippen molar-refractivity contribution in [1.29, 1.82) is 0 Å². The summed E-state index contributed by atoms with van der Waals surface area (Å²) in [5.41, 5.74) is 0. The van der Waals surface area contributed by atoms with Crippen LogP contribution in [-0.4, -0.2) is 35.0 Å². The molecule has 0 spiro atoms. The van der Waals surface area contributed by atoms with Crippen molar-refractivity contribution in [3.8, 4) is 0 Å². The Labute approximate surface area is 105 Å². The van der Waals surface area contributed by atoms with Gasteiger partial charge in [-0.15, -0.1) is 0 Å². The first kappa shape index (κ1) is 16.4. The van der Waals surface area contributed by atoms with E-state index in [0.717, 1.165) is 38.8 Å². The molecule has 0 aliphatic carbocycles. The van der Waals surface area contributed by atoms with Gasteiger partial charge in [-0.25, -0.2) is 4.90 Å². The van der Waals surface area contributed by atoms with Gasteiger partial charge in [-0.1, -0.05) is 33.6 Å². The number of carbonyl (C=O) groups excluding carboxylic acids is 1. The van der Waals surface area contributed by atoms with Gasteiger partial charge < -0.3 is 9.84 Å². The molecule has 1 unspecified atom stereocenters. The standard InChI is InChI=1S/C13H27NO3/c1-5-8-10-14(11-9-6-2)13(16,7-3)17-12(4)15/h16H,5-11H2,1-4H3. The van der Waals surface area contributed by atoms with Gasteiger partial charge in [0, 0.05) is 26.4 Å². The number of nitrogens with zero attached hydrogens (tertiary/aromatic N) is 1. The van der Waals surface area contributed by atoms with Gasteiger partial charge in [0.25, 0.3) is 5.91 Å². The van der Waals surface area contributed by atoms with Gasteiger partial charge in [0.1, 0.15) is 0 Å². The maximum atomic E-state index is 11.1. The van der Waals surface area contributed by atoms with Crippen LogP contribution < -0.4 is 0 Å². The van der Waals surface area contributed by atoms with Crippen molar-refractivity contribution in [3.63, 3.8) is 0 Å². The Hall–Kier alpha value is -0.610. The van der Waals surface area contributed by atoms with Gasteiger partial charge in [-0.3, -0.25) is 4.79 Å². The summed E-state index contributed by atoms with van der Waals surface area (Å²) in [5, 5.41) is 10.4. The van der Waals surface area contributed by atoms with Gasteiger partial charge in [0.15, 0.2) is 0 Å². The molecule has 0 fully saturated rings. The molecule has 0 aromatic carbocycles. The minimum atomic E-state index is -1.43.